The van der Waals surface area contributed by atoms with Gasteiger partial charge in [-0.2, -0.15) is 5.10 Å². The number of carbonyl (C=O) groups is 1. The summed E-state index contributed by atoms with van der Waals surface area (Å²) in [7, 11) is 3.26. The summed E-state index contributed by atoms with van der Waals surface area (Å²) in [5.74, 6) is 2.30. The van der Waals surface area contributed by atoms with Crippen molar-refractivity contribution < 1.29 is 14.3 Å². The topological polar surface area (TPSA) is 85.6 Å². The van der Waals surface area contributed by atoms with Crippen molar-refractivity contribution in [3.63, 3.8) is 0 Å². The molecule has 1 amide bonds. The van der Waals surface area contributed by atoms with E-state index in [0.717, 1.165) is 28.3 Å². The van der Waals surface area contributed by atoms with Crippen LogP contribution in [0.25, 0.3) is 16.7 Å². The minimum absolute atomic E-state index is 0.102. The zero-order valence-corrected chi connectivity index (χ0v) is 16.8. The second-order valence-corrected chi connectivity index (χ2v) is 6.88. The highest BCUT2D eigenvalue weighted by molar-refractivity contribution is 5.88. The van der Waals surface area contributed by atoms with Gasteiger partial charge in [0.1, 0.15) is 18.2 Å². The fourth-order valence-corrected chi connectivity index (χ4v) is 3.52. The summed E-state index contributed by atoms with van der Waals surface area (Å²) in [5, 5.41) is 5.43. The summed E-state index contributed by atoms with van der Waals surface area (Å²) in [4.78, 5) is 25.1. The Morgan fingerprint density at radius 2 is 1.79 bits per heavy atom. The number of anilines is 1. The number of piperazine rings is 1. The SMILES string of the molecule is COCc1nc(N2CCN(C(C)=O)CC2)c2cnn(-c3ccc(OC)cc3)c2n1. The van der Waals surface area contributed by atoms with Crippen molar-refractivity contribution >= 4 is 22.8 Å². The van der Waals surface area contributed by atoms with Crippen LogP contribution in [0, 0.1) is 0 Å². The zero-order chi connectivity index (χ0) is 20.4. The summed E-state index contributed by atoms with van der Waals surface area (Å²) in [6.07, 6.45) is 1.79. The number of fused-ring (bicyclic) bond motifs is 1. The molecule has 9 heteroatoms. The van der Waals surface area contributed by atoms with E-state index in [0.29, 0.717) is 38.6 Å². The quantitative estimate of drug-likeness (QED) is 0.648. The van der Waals surface area contributed by atoms with Crippen molar-refractivity contribution in [2.45, 2.75) is 13.5 Å². The molecular formula is C20H24N6O3. The minimum Gasteiger partial charge on any atom is -0.497 e. The third-order valence-corrected chi connectivity index (χ3v) is 5.07. The number of hydrogen-bond donors (Lipinski definition) is 0. The van der Waals surface area contributed by atoms with E-state index < -0.39 is 0 Å². The Kier molecular flexibility index (Phi) is 5.30. The molecule has 1 aliphatic rings. The monoisotopic (exact) mass is 396 g/mol. The van der Waals surface area contributed by atoms with E-state index in [1.807, 2.05) is 29.2 Å². The van der Waals surface area contributed by atoms with Crippen molar-refractivity contribution in [2.24, 2.45) is 0 Å². The van der Waals surface area contributed by atoms with Gasteiger partial charge in [0.2, 0.25) is 5.91 Å². The molecule has 0 N–H and O–H groups in total. The zero-order valence-electron chi connectivity index (χ0n) is 16.8. The molecule has 1 fully saturated rings. The number of rotatable bonds is 5. The molecular weight excluding hydrogens is 372 g/mol. The summed E-state index contributed by atoms with van der Waals surface area (Å²) in [5.41, 5.74) is 1.61. The predicted molar refractivity (Wildman–Crippen MR) is 108 cm³/mol. The second kappa shape index (κ2) is 8.04. The van der Waals surface area contributed by atoms with Crippen molar-refractivity contribution in [1.82, 2.24) is 24.6 Å². The van der Waals surface area contributed by atoms with Crippen molar-refractivity contribution in [1.29, 1.82) is 0 Å². The fourth-order valence-electron chi connectivity index (χ4n) is 3.52. The van der Waals surface area contributed by atoms with Gasteiger partial charge in [0.25, 0.3) is 0 Å². The van der Waals surface area contributed by atoms with Crippen LogP contribution in [0.3, 0.4) is 0 Å². The van der Waals surface area contributed by atoms with Crippen LogP contribution in [-0.4, -0.2) is 71.0 Å². The number of hydrogen-bond acceptors (Lipinski definition) is 7. The van der Waals surface area contributed by atoms with Crippen LogP contribution in [0.15, 0.2) is 30.5 Å². The van der Waals surface area contributed by atoms with Crippen LogP contribution in [0.2, 0.25) is 0 Å². The second-order valence-electron chi connectivity index (χ2n) is 6.88. The first-order chi connectivity index (χ1) is 14.1. The summed E-state index contributed by atoms with van der Waals surface area (Å²) >= 11 is 0. The maximum Gasteiger partial charge on any atom is 0.219 e. The molecule has 0 atom stereocenters. The van der Waals surface area contributed by atoms with Gasteiger partial charge in [-0.3, -0.25) is 4.79 Å². The van der Waals surface area contributed by atoms with Crippen molar-refractivity contribution in [2.75, 3.05) is 45.3 Å². The third-order valence-electron chi connectivity index (χ3n) is 5.07. The lowest BCUT2D eigenvalue weighted by atomic mass is 10.2. The Morgan fingerprint density at radius 1 is 1.07 bits per heavy atom. The molecule has 2 aromatic heterocycles. The number of amides is 1. The largest absolute Gasteiger partial charge is 0.497 e. The summed E-state index contributed by atoms with van der Waals surface area (Å²) in [6, 6.07) is 7.66. The van der Waals surface area contributed by atoms with E-state index in [2.05, 4.69) is 15.0 Å². The molecule has 0 aliphatic carbocycles. The highest BCUT2D eigenvalue weighted by Gasteiger charge is 2.23. The van der Waals surface area contributed by atoms with E-state index >= 15 is 0 Å². The molecule has 3 aromatic rings. The van der Waals surface area contributed by atoms with Gasteiger partial charge in [-0.1, -0.05) is 0 Å². The van der Waals surface area contributed by atoms with Gasteiger partial charge >= 0.3 is 0 Å². The highest BCUT2D eigenvalue weighted by Crippen LogP contribution is 2.27. The van der Waals surface area contributed by atoms with Gasteiger partial charge in [0, 0.05) is 40.2 Å². The predicted octanol–water partition coefficient (Wildman–Crippen LogP) is 1.64. The molecule has 1 aromatic carbocycles. The fraction of sp³-hybridized carbons (Fsp3) is 0.400. The van der Waals surface area contributed by atoms with Crippen molar-refractivity contribution in [3.8, 4) is 11.4 Å². The first-order valence-corrected chi connectivity index (χ1v) is 9.49. The number of methoxy groups -OCH3 is 2. The Balaban J connectivity index is 1.74. The van der Waals surface area contributed by atoms with Gasteiger partial charge in [0.15, 0.2) is 11.5 Å². The normalized spacial score (nSPS) is 14.4. The van der Waals surface area contributed by atoms with E-state index in [-0.39, 0.29) is 5.91 Å². The lowest BCUT2D eigenvalue weighted by Gasteiger charge is -2.35. The molecule has 0 unspecified atom stereocenters. The summed E-state index contributed by atoms with van der Waals surface area (Å²) < 4.78 is 12.3. The number of aromatic nitrogens is 4. The van der Waals surface area contributed by atoms with Crippen molar-refractivity contribution in [3.05, 3.63) is 36.3 Å². The Bertz CT molecular complexity index is 1010. The molecule has 1 aliphatic heterocycles. The first kappa shape index (κ1) is 19.1. The van der Waals surface area contributed by atoms with Crippen LogP contribution >= 0.6 is 0 Å². The highest BCUT2D eigenvalue weighted by atomic mass is 16.5. The van der Waals surface area contributed by atoms with Crippen LogP contribution in [0.5, 0.6) is 5.75 Å². The molecule has 0 bridgehead atoms. The van der Waals surface area contributed by atoms with Crippen LogP contribution in [0.4, 0.5) is 5.82 Å². The van der Waals surface area contributed by atoms with Crippen LogP contribution in [-0.2, 0) is 16.1 Å². The number of benzene rings is 1. The molecule has 4 rings (SSSR count). The number of nitrogens with zero attached hydrogens (tertiary/aromatic N) is 6. The maximum absolute atomic E-state index is 11.6. The smallest absolute Gasteiger partial charge is 0.219 e. The minimum atomic E-state index is 0.102. The molecule has 3 heterocycles. The molecule has 0 spiro atoms. The van der Waals surface area contributed by atoms with E-state index in [1.165, 1.54) is 0 Å². The molecule has 9 nitrogen and oxygen atoms in total. The third kappa shape index (κ3) is 3.73. The number of ether oxygens (including phenoxy) is 2. The Labute approximate surface area is 168 Å². The summed E-state index contributed by atoms with van der Waals surface area (Å²) in [6.45, 7) is 4.69. The molecule has 0 radical (unpaired) electrons. The number of carbonyl (C=O) groups excluding carboxylic acids is 1. The van der Waals surface area contributed by atoms with E-state index in [1.54, 1.807) is 32.0 Å². The Morgan fingerprint density at radius 3 is 2.41 bits per heavy atom. The molecule has 0 saturated carbocycles. The van der Waals surface area contributed by atoms with Crippen LogP contribution in [0.1, 0.15) is 12.7 Å². The van der Waals surface area contributed by atoms with Gasteiger partial charge < -0.3 is 19.3 Å². The molecule has 1 saturated heterocycles. The van der Waals surface area contributed by atoms with Gasteiger partial charge in [-0.15, -0.1) is 0 Å². The van der Waals surface area contributed by atoms with Gasteiger partial charge in [0.05, 0.1) is 24.4 Å². The van der Waals surface area contributed by atoms with Gasteiger partial charge in [-0.05, 0) is 24.3 Å². The molecule has 152 valence electrons. The lowest BCUT2D eigenvalue weighted by Crippen LogP contribution is -2.48. The Hall–Kier alpha value is -3.20. The standard InChI is InChI=1S/C20H24N6O3/c1-14(27)24-8-10-25(11-9-24)19-17-12-21-26(15-4-6-16(29-3)7-5-15)20(17)23-18(22-19)13-28-2/h4-7,12H,8-11,13H2,1-3H3. The lowest BCUT2D eigenvalue weighted by molar-refractivity contribution is -0.129. The maximum atomic E-state index is 11.6. The van der Waals surface area contributed by atoms with E-state index in [9.17, 15) is 4.79 Å². The van der Waals surface area contributed by atoms with Gasteiger partial charge in [-0.25, -0.2) is 14.6 Å². The average molecular weight is 396 g/mol. The van der Waals surface area contributed by atoms with E-state index in [4.69, 9.17) is 14.5 Å². The van der Waals surface area contributed by atoms with Crippen LogP contribution < -0.4 is 9.64 Å². The average Bonchev–Trinajstić information content (AvgIpc) is 3.17. The first-order valence-electron chi connectivity index (χ1n) is 9.49. The molecule has 29 heavy (non-hydrogen) atoms.